The van der Waals surface area contributed by atoms with Gasteiger partial charge < -0.3 is 24.4 Å². The van der Waals surface area contributed by atoms with Gasteiger partial charge in [0.25, 0.3) is 0 Å². The molecule has 0 bridgehead atoms. The van der Waals surface area contributed by atoms with Crippen LogP contribution in [0.3, 0.4) is 0 Å². The molecule has 0 spiro atoms. The Bertz CT molecular complexity index is 1260. The Morgan fingerprint density at radius 2 is 1.82 bits per heavy atom. The van der Waals surface area contributed by atoms with Gasteiger partial charge in [-0.2, -0.15) is 0 Å². The maximum Gasteiger partial charge on any atom is 0.312 e. The van der Waals surface area contributed by atoms with Crippen LogP contribution in [0.25, 0.3) is 0 Å². The summed E-state index contributed by atoms with van der Waals surface area (Å²) in [6, 6.07) is 17.8. The number of aliphatic hydroxyl groups excluding tert-OH is 1. The predicted octanol–water partition coefficient (Wildman–Crippen LogP) is 3.93. The molecule has 2 aromatic carbocycles. The van der Waals surface area contributed by atoms with Crippen molar-refractivity contribution in [1.29, 1.82) is 0 Å². The second-order valence-corrected chi connectivity index (χ2v) is 9.62. The predicted molar refractivity (Wildman–Crippen MR) is 127 cm³/mol. The minimum Gasteiger partial charge on any atom is -0.481 e. The summed E-state index contributed by atoms with van der Waals surface area (Å²) in [5.41, 5.74) is -2.40. The molecule has 5 atom stereocenters. The number of methoxy groups -OCH3 is 2. The van der Waals surface area contributed by atoms with Crippen LogP contribution in [0.2, 0.25) is 5.15 Å². The van der Waals surface area contributed by atoms with E-state index in [4.69, 9.17) is 25.8 Å². The SMILES string of the molecule is COC(=O)[C@@H]1C(c2ccccc2)[C@]2(c3ccc(Br)cc3)Oc3cc(Cl)nc(OC)c3[C@]2(O)[C@@H]1O. The summed E-state index contributed by atoms with van der Waals surface area (Å²) in [5, 5.41) is 24.3. The molecule has 1 saturated carbocycles. The van der Waals surface area contributed by atoms with Gasteiger partial charge in [-0.3, -0.25) is 4.79 Å². The van der Waals surface area contributed by atoms with Gasteiger partial charge in [-0.25, -0.2) is 4.98 Å². The van der Waals surface area contributed by atoms with Gasteiger partial charge >= 0.3 is 5.97 Å². The van der Waals surface area contributed by atoms with Gasteiger partial charge in [0.05, 0.1) is 25.7 Å². The van der Waals surface area contributed by atoms with Crippen LogP contribution < -0.4 is 9.47 Å². The maximum absolute atomic E-state index is 13.1. The van der Waals surface area contributed by atoms with Crippen LogP contribution in [0.4, 0.5) is 0 Å². The molecule has 3 aromatic rings. The number of aliphatic hydroxyl groups is 2. The molecule has 2 heterocycles. The molecule has 0 saturated heterocycles. The van der Waals surface area contributed by atoms with E-state index in [2.05, 4.69) is 20.9 Å². The quantitative estimate of drug-likeness (QED) is 0.378. The third kappa shape index (κ3) is 2.95. The number of rotatable bonds is 4. The zero-order valence-corrected chi connectivity index (χ0v) is 20.6. The Labute approximate surface area is 209 Å². The molecule has 2 aliphatic rings. The van der Waals surface area contributed by atoms with Gasteiger partial charge in [0.1, 0.15) is 17.0 Å². The molecule has 0 radical (unpaired) electrons. The van der Waals surface area contributed by atoms with Crippen molar-refractivity contribution < 1.29 is 29.2 Å². The number of fused-ring (bicyclic) bond motifs is 3. The van der Waals surface area contributed by atoms with Crippen molar-refractivity contribution in [1.82, 2.24) is 4.98 Å². The summed E-state index contributed by atoms with van der Waals surface area (Å²) < 4.78 is 18.0. The number of esters is 1. The summed E-state index contributed by atoms with van der Waals surface area (Å²) in [6.07, 6.45) is -1.62. The number of pyridine rings is 1. The molecule has 7 nitrogen and oxygen atoms in total. The number of carbonyl (C=O) groups is 1. The zero-order chi connectivity index (χ0) is 24.3. The van der Waals surface area contributed by atoms with Gasteiger partial charge in [-0.15, -0.1) is 0 Å². The van der Waals surface area contributed by atoms with Crippen molar-refractivity contribution in [2.45, 2.75) is 23.2 Å². The van der Waals surface area contributed by atoms with E-state index in [-0.39, 0.29) is 22.3 Å². The highest BCUT2D eigenvalue weighted by Crippen LogP contribution is 2.69. The highest BCUT2D eigenvalue weighted by Gasteiger charge is 2.78. The van der Waals surface area contributed by atoms with E-state index < -0.39 is 35.1 Å². The molecule has 1 aliphatic carbocycles. The fraction of sp³-hybridized carbons (Fsp3) is 0.280. The van der Waals surface area contributed by atoms with E-state index in [1.165, 1.54) is 20.3 Å². The second kappa shape index (κ2) is 8.23. The van der Waals surface area contributed by atoms with E-state index in [9.17, 15) is 15.0 Å². The molecule has 34 heavy (non-hydrogen) atoms. The summed E-state index contributed by atoms with van der Waals surface area (Å²) in [6.45, 7) is 0. The van der Waals surface area contributed by atoms with Crippen molar-refractivity contribution in [3.63, 3.8) is 0 Å². The minimum atomic E-state index is -2.13. The summed E-state index contributed by atoms with van der Waals surface area (Å²) in [7, 11) is 2.63. The second-order valence-electron chi connectivity index (χ2n) is 8.32. The normalized spacial score (nSPS) is 29.2. The van der Waals surface area contributed by atoms with Gasteiger partial charge in [-0.1, -0.05) is 70.0 Å². The van der Waals surface area contributed by atoms with Crippen LogP contribution >= 0.6 is 27.5 Å². The van der Waals surface area contributed by atoms with Crippen molar-refractivity contribution in [2.75, 3.05) is 14.2 Å². The first-order valence-electron chi connectivity index (χ1n) is 10.5. The number of hydrogen-bond donors (Lipinski definition) is 2. The lowest BCUT2D eigenvalue weighted by Gasteiger charge is -2.40. The molecule has 1 aliphatic heterocycles. The summed E-state index contributed by atoms with van der Waals surface area (Å²) >= 11 is 9.66. The monoisotopic (exact) mass is 545 g/mol. The van der Waals surface area contributed by atoms with Crippen LogP contribution in [0, 0.1) is 5.92 Å². The molecule has 9 heteroatoms. The van der Waals surface area contributed by atoms with E-state index in [0.29, 0.717) is 11.1 Å². The molecule has 5 rings (SSSR count). The Morgan fingerprint density at radius 1 is 1.15 bits per heavy atom. The van der Waals surface area contributed by atoms with Crippen LogP contribution in [-0.4, -0.2) is 41.5 Å². The summed E-state index contributed by atoms with van der Waals surface area (Å²) in [5.74, 6) is -2.45. The van der Waals surface area contributed by atoms with Gasteiger partial charge in [-0.05, 0) is 23.3 Å². The molecular weight excluding hydrogens is 526 g/mol. The molecular formula is C25H21BrClNO6. The highest BCUT2D eigenvalue weighted by atomic mass is 79.9. The Kier molecular flexibility index (Phi) is 5.60. The fourth-order valence-corrected chi connectivity index (χ4v) is 5.95. The Morgan fingerprint density at radius 3 is 2.44 bits per heavy atom. The molecule has 1 unspecified atom stereocenters. The average molecular weight is 547 g/mol. The first-order valence-corrected chi connectivity index (χ1v) is 11.7. The number of nitrogens with zero attached hydrogens (tertiary/aromatic N) is 1. The van der Waals surface area contributed by atoms with Gasteiger partial charge in [0.2, 0.25) is 5.88 Å². The van der Waals surface area contributed by atoms with Crippen molar-refractivity contribution in [2.24, 2.45) is 5.92 Å². The number of halogens is 2. The molecule has 2 N–H and O–H groups in total. The van der Waals surface area contributed by atoms with Crippen LogP contribution in [0.5, 0.6) is 11.6 Å². The molecule has 176 valence electrons. The number of aromatic nitrogens is 1. The smallest absolute Gasteiger partial charge is 0.312 e. The number of hydrogen-bond acceptors (Lipinski definition) is 7. The molecule has 0 amide bonds. The minimum absolute atomic E-state index is 0.000337. The van der Waals surface area contributed by atoms with Crippen molar-refractivity contribution >= 4 is 33.5 Å². The third-order valence-corrected chi connectivity index (χ3v) is 7.52. The zero-order valence-electron chi connectivity index (χ0n) is 18.2. The lowest BCUT2D eigenvalue weighted by molar-refractivity contribution is -0.161. The Hall–Kier alpha value is -2.65. The van der Waals surface area contributed by atoms with Crippen molar-refractivity contribution in [3.8, 4) is 11.6 Å². The number of benzene rings is 2. The van der Waals surface area contributed by atoms with Gasteiger partial charge in [0, 0.05) is 16.5 Å². The largest absolute Gasteiger partial charge is 0.481 e. The van der Waals surface area contributed by atoms with Crippen LogP contribution in [-0.2, 0) is 20.7 Å². The molecule has 1 aromatic heterocycles. The average Bonchev–Trinajstić information content (AvgIpc) is 3.21. The topological polar surface area (TPSA) is 98.1 Å². The van der Waals surface area contributed by atoms with Crippen LogP contribution in [0.15, 0.2) is 65.1 Å². The standard InChI is InChI=1S/C25H21BrClNO6/c1-32-22-20-16(12-17(27)28-22)34-25(14-8-10-15(26)11-9-14)19(13-6-4-3-5-7-13)18(23(30)33-2)21(29)24(20,25)31/h3-12,18-19,21,29,31H,1-2H3/t18-,19?,21-,24+,25+/m1/s1. The summed E-state index contributed by atoms with van der Waals surface area (Å²) in [4.78, 5) is 17.3. The fourth-order valence-electron chi connectivity index (χ4n) is 5.51. The lowest BCUT2D eigenvalue weighted by Crippen LogP contribution is -2.52. The Balaban J connectivity index is 1.90. The first kappa shape index (κ1) is 23.1. The van der Waals surface area contributed by atoms with Crippen molar-refractivity contribution in [3.05, 3.63) is 87.0 Å². The van der Waals surface area contributed by atoms with E-state index >= 15 is 0 Å². The van der Waals surface area contributed by atoms with Gasteiger partial charge in [0.15, 0.2) is 11.2 Å². The molecule has 1 fully saturated rings. The third-order valence-electron chi connectivity index (χ3n) is 6.80. The highest BCUT2D eigenvalue weighted by molar-refractivity contribution is 9.10. The van der Waals surface area contributed by atoms with E-state index in [1.54, 1.807) is 24.3 Å². The maximum atomic E-state index is 13.1. The van der Waals surface area contributed by atoms with Crippen LogP contribution in [0.1, 0.15) is 22.6 Å². The van der Waals surface area contributed by atoms with E-state index in [0.717, 1.165) is 4.47 Å². The van der Waals surface area contributed by atoms with E-state index in [1.807, 2.05) is 30.3 Å². The lowest BCUT2D eigenvalue weighted by atomic mass is 9.71. The first-order chi connectivity index (χ1) is 16.3. The number of carbonyl (C=O) groups excluding carboxylic acids is 1. The number of ether oxygens (including phenoxy) is 3.